The maximum atomic E-state index is 12.4. The molecule has 0 unspecified atom stereocenters. The van der Waals surface area contributed by atoms with E-state index in [1.54, 1.807) is 12.1 Å². The maximum Gasteiger partial charge on any atom is 0.240 e. The van der Waals surface area contributed by atoms with Crippen LogP contribution in [0.25, 0.3) is 0 Å². The minimum absolute atomic E-state index is 0.120. The number of hydrogen-bond donors (Lipinski definition) is 2. The summed E-state index contributed by atoms with van der Waals surface area (Å²) in [6.07, 6.45) is 0.0929. The molecule has 0 spiro atoms. The van der Waals surface area contributed by atoms with E-state index < -0.39 is 18.2 Å². The summed E-state index contributed by atoms with van der Waals surface area (Å²) in [5.41, 5.74) is 7.44. The Morgan fingerprint density at radius 3 is 2.58 bits per heavy atom. The van der Waals surface area contributed by atoms with Crippen molar-refractivity contribution >= 4 is 11.7 Å². The van der Waals surface area contributed by atoms with Crippen molar-refractivity contribution in [2.45, 2.75) is 31.0 Å². The molecule has 4 rings (SSSR count). The molecule has 0 aromatic heterocycles. The predicted octanol–water partition coefficient (Wildman–Crippen LogP) is -0.286. The van der Waals surface area contributed by atoms with E-state index >= 15 is 0 Å². The van der Waals surface area contributed by atoms with Gasteiger partial charge >= 0.3 is 0 Å². The molecule has 2 bridgehead atoms. The van der Waals surface area contributed by atoms with Gasteiger partial charge in [0.15, 0.2) is 5.78 Å². The zero-order valence-corrected chi connectivity index (χ0v) is 10.5. The van der Waals surface area contributed by atoms with Crippen LogP contribution in [0.1, 0.15) is 22.3 Å². The van der Waals surface area contributed by atoms with Gasteiger partial charge in [-0.1, -0.05) is 24.3 Å². The average Bonchev–Trinajstić information content (AvgIpc) is 2.79. The van der Waals surface area contributed by atoms with Gasteiger partial charge < -0.3 is 15.7 Å². The summed E-state index contributed by atoms with van der Waals surface area (Å²) < 4.78 is 0. The lowest BCUT2D eigenvalue weighted by Crippen LogP contribution is -2.49. The van der Waals surface area contributed by atoms with Crippen molar-refractivity contribution in [3.8, 4) is 0 Å². The number of carbonyl (C=O) groups is 2. The van der Waals surface area contributed by atoms with Gasteiger partial charge in [0.25, 0.3) is 0 Å². The topological polar surface area (TPSA) is 83.6 Å². The lowest BCUT2D eigenvalue weighted by Gasteiger charge is -2.27. The van der Waals surface area contributed by atoms with Crippen molar-refractivity contribution in [1.29, 1.82) is 0 Å². The second-order valence-electron chi connectivity index (χ2n) is 5.27. The van der Waals surface area contributed by atoms with Crippen molar-refractivity contribution in [3.05, 3.63) is 35.4 Å². The molecule has 3 aliphatic rings. The molecule has 3 aliphatic heterocycles. The Hall–Kier alpha value is -1.72. The number of aliphatic hydroxyl groups is 1. The van der Waals surface area contributed by atoms with E-state index in [0.717, 1.165) is 5.56 Å². The molecular formula is C14H16N2O3. The molecule has 5 heteroatoms. The number of fused-ring (bicyclic) bond motifs is 4. The predicted molar refractivity (Wildman–Crippen MR) is 68.6 cm³/mol. The van der Waals surface area contributed by atoms with Crippen LogP contribution in [0.15, 0.2) is 24.3 Å². The van der Waals surface area contributed by atoms with Crippen LogP contribution in [0.4, 0.5) is 0 Å². The molecule has 1 aromatic carbocycles. The molecule has 19 heavy (non-hydrogen) atoms. The second-order valence-corrected chi connectivity index (χ2v) is 5.27. The van der Waals surface area contributed by atoms with Crippen molar-refractivity contribution in [2.75, 3.05) is 6.54 Å². The number of Topliss-reactive ketones (excluding diaryl/α,β-unsaturated/α-hetero) is 1. The third-order valence-corrected chi connectivity index (χ3v) is 3.88. The molecule has 0 aliphatic carbocycles. The molecule has 0 saturated carbocycles. The molecule has 0 radical (unpaired) electrons. The molecule has 1 fully saturated rings. The number of hydrogen-bond acceptors (Lipinski definition) is 4. The van der Waals surface area contributed by atoms with E-state index in [4.69, 9.17) is 5.73 Å². The van der Waals surface area contributed by atoms with Crippen LogP contribution in [0.3, 0.4) is 0 Å². The largest absolute Gasteiger partial charge is 0.391 e. The molecule has 3 heterocycles. The molecule has 5 nitrogen and oxygen atoms in total. The third-order valence-electron chi connectivity index (χ3n) is 3.88. The molecule has 3 N–H and O–H groups in total. The highest BCUT2D eigenvalue weighted by Gasteiger charge is 2.41. The highest BCUT2D eigenvalue weighted by molar-refractivity contribution is 6.03. The standard InChI is InChI=1S/C14H16N2O3/c15-11-5-8-1-3-9(4-2-8)13(18)12-6-10(17)7-16(12)14(11)19/h1-4,10-12,17H,5-7,15H2/t10-,11+,12+/m1/s1. The molecule has 100 valence electrons. The Kier molecular flexibility index (Phi) is 2.88. The van der Waals surface area contributed by atoms with Crippen LogP contribution in [0.2, 0.25) is 0 Å². The maximum absolute atomic E-state index is 12.4. The van der Waals surface area contributed by atoms with E-state index in [0.29, 0.717) is 18.4 Å². The number of ketones is 1. The fourth-order valence-corrected chi connectivity index (χ4v) is 2.86. The van der Waals surface area contributed by atoms with Crippen LogP contribution in [-0.2, 0) is 11.2 Å². The zero-order chi connectivity index (χ0) is 13.6. The van der Waals surface area contributed by atoms with Crippen LogP contribution in [0.5, 0.6) is 0 Å². The Balaban J connectivity index is 2.06. The van der Waals surface area contributed by atoms with Gasteiger partial charge in [0.2, 0.25) is 5.91 Å². The number of carbonyl (C=O) groups excluding carboxylic acids is 2. The molecule has 1 saturated heterocycles. The molecular weight excluding hydrogens is 244 g/mol. The first-order valence-electron chi connectivity index (χ1n) is 6.43. The van der Waals surface area contributed by atoms with Gasteiger partial charge in [-0.05, 0) is 12.0 Å². The minimum Gasteiger partial charge on any atom is -0.391 e. The summed E-state index contributed by atoms with van der Waals surface area (Å²) in [7, 11) is 0. The van der Waals surface area contributed by atoms with Gasteiger partial charge in [-0.2, -0.15) is 0 Å². The molecule has 1 aromatic rings. The lowest BCUT2D eigenvalue weighted by atomic mass is 9.96. The Labute approximate surface area is 111 Å². The number of nitrogens with two attached hydrogens (primary N) is 1. The summed E-state index contributed by atoms with van der Waals surface area (Å²) in [4.78, 5) is 26.1. The van der Waals surface area contributed by atoms with Crippen LogP contribution in [-0.4, -0.2) is 46.4 Å². The van der Waals surface area contributed by atoms with Crippen molar-refractivity contribution in [3.63, 3.8) is 0 Å². The Morgan fingerprint density at radius 2 is 1.89 bits per heavy atom. The average molecular weight is 260 g/mol. The lowest BCUT2D eigenvalue weighted by molar-refractivity contribution is -0.133. The van der Waals surface area contributed by atoms with Gasteiger partial charge in [-0.15, -0.1) is 0 Å². The van der Waals surface area contributed by atoms with Gasteiger partial charge in [0.1, 0.15) is 0 Å². The zero-order valence-electron chi connectivity index (χ0n) is 10.5. The first-order chi connectivity index (χ1) is 9.06. The number of nitrogens with zero attached hydrogens (tertiary/aromatic N) is 1. The number of benzene rings is 1. The highest BCUT2D eigenvalue weighted by Crippen LogP contribution is 2.24. The van der Waals surface area contributed by atoms with Crippen LogP contribution >= 0.6 is 0 Å². The van der Waals surface area contributed by atoms with E-state index in [-0.39, 0.29) is 18.2 Å². The summed E-state index contributed by atoms with van der Waals surface area (Å²) in [6, 6.07) is 5.96. The molecule has 1 amide bonds. The highest BCUT2D eigenvalue weighted by atomic mass is 16.3. The van der Waals surface area contributed by atoms with Crippen molar-refractivity contribution in [2.24, 2.45) is 5.73 Å². The molecule has 3 atom stereocenters. The van der Waals surface area contributed by atoms with Crippen molar-refractivity contribution in [1.82, 2.24) is 4.90 Å². The SMILES string of the molecule is N[C@H]1Cc2ccc(cc2)C(=O)[C@@H]2C[C@@H](O)CN2C1=O. The summed E-state index contributed by atoms with van der Waals surface area (Å²) in [6.45, 7) is 0.193. The summed E-state index contributed by atoms with van der Waals surface area (Å²) >= 11 is 0. The van der Waals surface area contributed by atoms with E-state index in [9.17, 15) is 14.7 Å². The minimum atomic E-state index is -0.662. The Morgan fingerprint density at radius 1 is 1.21 bits per heavy atom. The summed E-state index contributed by atoms with van der Waals surface area (Å²) in [5.74, 6) is -0.372. The smallest absolute Gasteiger partial charge is 0.240 e. The number of amides is 1. The second kappa shape index (κ2) is 4.43. The van der Waals surface area contributed by atoms with Crippen LogP contribution in [0, 0.1) is 0 Å². The Bertz CT molecular complexity index is 526. The van der Waals surface area contributed by atoms with Gasteiger partial charge in [0, 0.05) is 18.5 Å². The van der Waals surface area contributed by atoms with Crippen molar-refractivity contribution < 1.29 is 14.7 Å². The van der Waals surface area contributed by atoms with E-state index in [1.165, 1.54) is 4.90 Å². The van der Waals surface area contributed by atoms with Gasteiger partial charge in [0.05, 0.1) is 18.2 Å². The van der Waals surface area contributed by atoms with E-state index in [2.05, 4.69) is 0 Å². The summed E-state index contributed by atoms with van der Waals surface area (Å²) in [5, 5.41) is 9.74. The van der Waals surface area contributed by atoms with Gasteiger partial charge in [-0.25, -0.2) is 0 Å². The fraction of sp³-hybridized carbons (Fsp3) is 0.429. The first-order valence-corrected chi connectivity index (χ1v) is 6.43. The number of rotatable bonds is 0. The van der Waals surface area contributed by atoms with E-state index in [1.807, 2.05) is 12.1 Å². The third kappa shape index (κ3) is 2.05. The first kappa shape index (κ1) is 12.3. The van der Waals surface area contributed by atoms with Gasteiger partial charge in [-0.3, -0.25) is 9.59 Å². The normalized spacial score (nSPS) is 30.6. The monoisotopic (exact) mass is 260 g/mol. The number of aliphatic hydroxyl groups excluding tert-OH is 1. The fourth-order valence-electron chi connectivity index (χ4n) is 2.86. The van der Waals surface area contributed by atoms with Crippen LogP contribution < -0.4 is 5.73 Å². The quantitative estimate of drug-likeness (QED) is 0.671.